The van der Waals surface area contributed by atoms with Gasteiger partial charge in [-0.05, 0) is 30.7 Å². The summed E-state index contributed by atoms with van der Waals surface area (Å²) in [5.41, 5.74) is 1.41. The summed E-state index contributed by atoms with van der Waals surface area (Å²) in [6.07, 6.45) is 0. The number of esters is 1. The number of benzene rings is 2. The van der Waals surface area contributed by atoms with Gasteiger partial charge in [-0.1, -0.05) is 46.3 Å². The van der Waals surface area contributed by atoms with E-state index in [-0.39, 0.29) is 23.5 Å². The van der Waals surface area contributed by atoms with E-state index in [1.807, 2.05) is 42.5 Å². The van der Waals surface area contributed by atoms with Crippen LogP contribution in [0.25, 0.3) is 10.9 Å². The average molecular weight is 416 g/mol. The van der Waals surface area contributed by atoms with Crippen molar-refractivity contribution < 1.29 is 14.3 Å². The summed E-state index contributed by atoms with van der Waals surface area (Å²) in [7, 11) is 1.39. The average Bonchev–Trinajstić information content (AvgIpc) is 2.63. The van der Waals surface area contributed by atoms with Gasteiger partial charge in [0.25, 0.3) is 5.56 Å². The Hall–Kier alpha value is -2.60. The van der Waals surface area contributed by atoms with Crippen molar-refractivity contribution in [3.63, 3.8) is 0 Å². The van der Waals surface area contributed by atoms with E-state index in [1.54, 1.807) is 17.6 Å². The maximum absolute atomic E-state index is 13.1. The second-order valence-corrected chi connectivity index (χ2v) is 6.58. The van der Waals surface area contributed by atoms with Crippen LogP contribution in [-0.2, 0) is 11.3 Å². The van der Waals surface area contributed by atoms with E-state index in [0.29, 0.717) is 17.4 Å². The molecule has 0 aliphatic rings. The Morgan fingerprint density at radius 3 is 2.62 bits per heavy atom. The summed E-state index contributed by atoms with van der Waals surface area (Å²) >= 11 is 3.45. The number of rotatable bonds is 5. The van der Waals surface area contributed by atoms with Gasteiger partial charge in [0.2, 0.25) is 0 Å². The first kappa shape index (κ1) is 18.2. The maximum Gasteiger partial charge on any atom is 0.342 e. The lowest BCUT2D eigenvalue weighted by Crippen LogP contribution is -2.26. The van der Waals surface area contributed by atoms with E-state index >= 15 is 0 Å². The van der Waals surface area contributed by atoms with Crippen molar-refractivity contribution in [2.24, 2.45) is 0 Å². The second-order valence-electron chi connectivity index (χ2n) is 5.67. The highest BCUT2D eigenvalue weighted by Crippen LogP contribution is 2.26. The van der Waals surface area contributed by atoms with Gasteiger partial charge < -0.3 is 14.0 Å². The number of ether oxygens (including phenoxy) is 2. The molecular formula is C20H18BrNO4. The van der Waals surface area contributed by atoms with Crippen LogP contribution in [-0.4, -0.2) is 24.3 Å². The largest absolute Gasteiger partial charge is 0.490 e. The number of aromatic nitrogens is 1. The summed E-state index contributed by atoms with van der Waals surface area (Å²) in [6.45, 7) is 2.30. The van der Waals surface area contributed by atoms with Crippen LogP contribution in [0.5, 0.6) is 5.75 Å². The minimum Gasteiger partial charge on any atom is -0.490 e. The maximum atomic E-state index is 13.1. The minimum atomic E-state index is -0.563. The van der Waals surface area contributed by atoms with Crippen molar-refractivity contribution in [2.45, 2.75) is 13.5 Å². The molecule has 0 radical (unpaired) electrons. The lowest BCUT2D eigenvalue weighted by atomic mass is 10.1. The topological polar surface area (TPSA) is 57.5 Å². The lowest BCUT2D eigenvalue weighted by molar-refractivity contribution is 0.0524. The summed E-state index contributed by atoms with van der Waals surface area (Å²) in [5, 5.41) is 0.623. The number of pyridine rings is 1. The molecule has 134 valence electrons. The zero-order valence-electron chi connectivity index (χ0n) is 14.5. The molecule has 0 bridgehead atoms. The fraction of sp³-hybridized carbons (Fsp3) is 0.200. The molecule has 2 aromatic carbocycles. The predicted molar refractivity (Wildman–Crippen MR) is 104 cm³/mol. The number of carbonyl (C=O) groups excluding carboxylic acids is 1. The molecular weight excluding hydrogens is 398 g/mol. The van der Waals surface area contributed by atoms with Gasteiger partial charge in [0.05, 0.1) is 25.8 Å². The molecule has 0 spiro atoms. The van der Waals surface area contributed by atoms with Crippen LogP contribution in [0.1, 0.15) is 22.8 Å². The van der Waals surface area contributed by atoms with E-state index in [0.717, 1.165) is 10.0 Å². The number of fused-ring (bicyclic) bond motifs is 1. The molecule has 0 amide bonds. The van der Waals surface area contributed by atoms with Gasteiger partial charge in [-0.15, -0.1) is 0 Å². The summed E-state index contributed by atoms with van der Waals surface area (Å²) in [6, 6.07) is 15.0. The fourth-order valence-electron chi connectivity index (χ4n) is 2.95. The predicted octanol–water partition coefficient (Wildman–Crippen LogP) is 4.00. The van der Waals surface area contributed by atoms with Crippen LogP contribution in [0.4, 0.5) is 0 Å². The number of methoxy groups -OCH3 is 1. The molecule has 1 heterocycles. The molecule has 0 N–H and O–H groups in total. The third-order valence-corrected chi connectivity index (χ3v) is 4.54. The quantitative estimate of drug-likeness (QED) is 0.590. The van der Waals surface area contributed by atoms with Gasteiger partial charge in [-0.2, -0.15) is 0 Å². The number of carbonyl (C=O) groups is 1. The zero-order chi connectivity index (χ0) is 18.7. The number of para-hydroxylation sites is 1. The molecule has 1 aromatic heterocycles. The van der Waals surface area contributed by atoms with Gasteiger partial charge >= 0.3 is 5.97 Å². The van der Waals surface area contributed by atoms with Crippen molar-refractivity contribution in [3.8, 4) is 5.75 Å². The van der Waals surface area contributed by atoms with E-state index < -0.39 is 5.97 Å². The van der Waals surface area contributed by atoms with Gasteiger partial charge in [0.1, 0.15) is 5.56 Å². The Balaban J connectivity index is 2.28. The van der Waals surface area contributed by atoms with Crippen LogP contribution in [0, 0.1) is 0 Å². The Morgan fingerprint density at radius 1 is 1.15 bits per heavy atom. The number of hydrogen-bond donors (Lipinski definition) is 0. The van der Waals surface area contributed by atoms with E-state index in [9.17, 15) is 9.59 Å². The molecule has 0 fully saturated rings. The SMILES string of the molecule is CCOC(=O)c1c(OC)c(=O)n(Cc2cccc(Br)c2)c2ccccc12. The Labute approximate surface area is 159 Å². The molecule has 5 nitrogen and oxygen atoms in total. The highest BCUT2D eigenvalue weighted by Gasteiger charge is 2.23. The molecule has 0 unspecified atom stereocenters. The minimum absolute atomic E-state index is 0.00264. The summed E-state index contributed by atoms with van der Waals surface area (Å²) < 4.78 is 13.0. The van der Waals surface area contributed by atoms with Crippen LogP contribution in [0.15, 0.2) is 57.8 Å². The van der Waals surface area contributed by atoms with Gasteiger partial charge in [0.15, 0.2) is 5.75 Å². The molecule has 3 aromatic rings. The van der Waals surface area contributed by atoms with E-state index in [1.165, 1.54) is 7.11 Å². The fourth-order valence-corrected chi connectivity index (χ4v) is 3.40. The first-order valence-corrected chi connectivity index (χ1v) is 8.97. The zero-order valence-corrected chi connectivity index (χ0v) is 16.1. The van der Waals surface area contributed by atoms with Gasteiger partial charge in [0, 0.05) is 9.86 Å². The molecule has 6 heteroatoms. The molecule has 0 aliphatic heterocycles. The van der Waals surface area contributed by atoms with E-state index in [4.69, 9.17) is 9.47 Å². The van der Waals surface area contributed by atoms with Crippen molar-refractivity contribution in [1.29, 1.82) is 0 Å². The first-order chi connectivity index (χ1) is 12.6. The highest BCUT2D eigenvalue weighted by molar-refractivity contribution is 9.10. The van der Waals surface area contributed by atoms with Crippen LogP contribution in [0.2, 0.25) is 0 Å². The molecule has 0 saturated carbocycles. The van der Waals surface area contributed by atoms with Gasteiger partial charge in [-0.25, -0.2) is 4.79 Å². The normalized spacial score (nSPS) is 10.7. The monoisotopic (exact) mass is 415 g/mol. The molecule has 0 aliphatic carbocycles. The third-order valence-electron chi connectivity index (χ3n) is 4.04. The second kappa shape index (κ2) is 7.74. The Kier molecular flexibility index (Phi) is 5.42. The van der Waals surface area contributed by atoms with Gasteiger partial charge in [-0.3, -0.25) is 4.79 Å². The molecule has 0 saturated heterocycles. The van der Waals surface area contributed by atoms with Crippen LogP contribution >= 0.6 is 15.9 Å². The summed E-state index contributed by atoms with van der Waals surface area (Å²) in [5.74, 6) is -0.565. The Bertz CT molecular complexity index is 1030. The molecule has 3 rings (SSSR count). The Morgan fingerprint density at radius 2 is 1.92 bits per heavy atom. The first-order valence-electron chi connectivity index (χ1n) is 8.18. The third kappa shape index (κ3) is 3.37. The van der Waals surface area contributed by atoms with E-state index in [2.05, 4.69) is 15.9 Å². The van der Waals surface area contributed by atoms with Crippen LogP contribution < -0.4 is 10.3 Å². The van der Waals surface area contributed by atoms with Crippen molar-refractivity contribution >= 4 is 32.8 Å². The standard InChI is InChI=1S/C20H18BrNO4/c1-3-26-20(24)17-15-9-4-5-10-16(15)22(19(23)18(17)25-2)12-13-7-6-8-14(21)11-13/h4-11H,3,12H2,1-2H3. The molecule has 0 atom stereocenters. The van der Waals surface area contributed by atoms with Crippen molar-refractivity contribution in [3.05, 3.63) is 74.5 Å². The highest BCUT2D eigenvalue weighted by atomic mass is 79.9. The van der Waals surface area contributed by atoms with Crippen molar-refractivity contribution in [1.82, 2.24) is 4.57 Å². The van der Waals surface area contributed by atoms with Crippen molar-refractivity contribution in [2.75, 3.05) is 13.7 Å². The number of halogens is 1. The van der Waals surface area contributed by atoms with Crippen LogP contribution in [0.3, 0.4) is 0 Å². The smallest absolute Gasteiger partial charge is 0.342 e. The summed E-state index contributed by atoms with van der Waals surface area (Å²) in [4.78, 5) is 25.5. The molecule has 26 heavy (non-hydrogen) atoms. The number of hydrogen-bond acceptors (Lipinski definition) is 4. The lowest BCUT2D eigenvalue weighted by Gasteiger charge is -2.16. The number of nitrogens with zero attached hydrogens (tertiary/aromatic N) is 1.